The fraction of sp³-hybridized carbons (Fsp3) is 0.591. The Bertz CT molecular complexity index is 856. The minimum absolute atomic E-state index is 0.132. The summed E-state index contributed by atoms with van der Waals surface area (Å²) >= 11 is 0. The van der Waals surface area contributed by atoms with Crippen LogP contribution in [0.4, 0.5) is 0 Å². The van der Waals surface area contributed by atoms with Gasteiger partial charge in [-0.1, -0.05) is 19.3 Å². The number of quaternary nitrogens is 1. The number of nitrogens with zero attached hydrogens (tertiary/aromatic N) is 3. The maximum Gasteiger partial charge on any atom is 0.258 e. The molecule has 2 fully saturated rings. The fourth-order valence-electron chi connectivity index (χ4n) is 5.79. The van der Waals surface area contributed by atoms with Crippen LogP contribution in [0.15, 0.2) is 35.6 Å². The smallest absolute Gasteiger partial charge is 0.258 e. The molecule has 5 nitrogen and oxygen atoms in total. The van der Waals surface area contributed by atoms with Gasteiger partial charge in [-0.3, -0.25) is 4.79 Å². The maximum atomic E-state index is 13.1. The minimum atomic E-state index is 0.132. The number of rotatable bonds is 3. The predicted molar refractivity (Wildman–Crippen MR) is 105 cm³/mol. The fourth-order valence-corrected chi connectivity index (χ4v) is 5.79. The van der Waals surface area contributed by atoms with E-state index in [1.165, 1.54) is 70.2 Å². The van der Waals surface area contributed by atoms with Crippen molar-refractivity contribution in [2.45, 2.75) is 51.0 Å². The van der Waals surface area contributed by atoms with Crippen LogP contribution < -0.4 is 10.5 Å². The summed E-state index contributed by atoms with van der Waals surface area (Å²) in [6, 6.07) is 4.18. The molecule has 1 N–H and O–H groups in total. The minimum Gasteiger partial charge on any atom is -0.334 e. The molecule has 0 radical (unpaired) electrons. The summed E-state index contributed by atoms with van der Waals surface area (Å²) in [5.74, 6) is 2.09. The van der Waals surface area contributed by atoms with Crippen LogP contribution in [0, 0.1) is 11.8 Å². The Morgan fingerprint density at radius 3 is 2.70 bits per heavy atom. The largest absolute Gasteiger partial charge is 0.334 e. The van der Waals surface area contributed by atoms with E-state index in [0.717, 1.165) is 23.6 Å². The quantitative estimate of drug-likeness (QED) is 0.904. The molecule has 5 rings (SSSR count). The molecule has 2 aromatic rings. The van der Waals surface area contributed by atoms with Crippen LogP contribution >= 0.6 is 0 Å². The second-order valence-corrected chi connectivity index (χ2v) is 8.88. The van der Waals surface area contributed by atoms with Crippen molar-refractivity contribution in [1.82, 2.24) is 14.5 Å². The first-order chi connectivity index (χ1) is 13.3. The number of aromatic nitrogens is 3. The molecule has 1 saturated heterocycles. The highest BCUT2D eigenvalue weighted by Gasteiger charge is 2.38. The number of pyridine rings is 1. The van der Waals surface area contributed by atoms with Crippen molar-refractivity contribution in [3.63, 3.8) is 0 Å². The summed E-state index contributed by atoms with van der Waals surface area (Å²) < 4.78 is 2.05. The SMILES string of the molecule is O=c1c(-c2cncnc2)ccc2n1C[C@H]1C[C@@H]2C[NH+](CC2CCCCC2)C1. The predicted octanol–water partition coefficient (Wildman–Crippen LogP) is 1.89. The monoisotopic (exact) mass is 365 g/mol. The number of hydrogen-bond donors (Lipinski definition) is 1. The van der Waals surface area contributed by atoms with Crippen LogP contribution in [-0.4, -0.2) is 34.2 Å². The van der Waals surface area contributed by atoms with Crippen molar-refractivity contribution in [3.05, 3.63) is 46.9 Å². The van der Waals surface area contributed by atoms with Gasteiger partial charge in [0.1, 0.15) is 6.33 Å². The molecule has 1 unspecified atom stereocenters. The van der Waals surface area contributed by atoms with Gasteiger partial charge < -0.3 is 9.47 Å². The van der Waals surface area contributed by atoms with Gasteiger partial charge in [0.05, 0.1) is 25.2 Å². The molecule has 0 spiro atoms. The van der Waals surface area contributed by atoms with E-state index in [1.807, 2.05) is 6.07 Å². The molecule has 5 heteroatoms. The van der Waals surface area contributed by atoms with Gasteiger partial charge in [-0.2, -0.15) is 0 Å². The average molecular weight is 366 g/mol. The third-order valence-electron chi connectivity index (χ3n) is 6.97. The van der Waals surface area contributed by atoms with Crippen LogP contribution in [-0.2, 0) is 6.54 Å². The summed E-state index contributed by atoms with van der Waals surface area (Å²) in [4.78, 5) is 23.1. The van der Waals surface area contributed by atoms with Crippen LogP contribution in [0.3, 0.4) is 0 Å². The summed E-state index contributed by atoms with van der Waals surface area (Å²) in [7, 11) is 0. The van der Waals surface area contributed by atoms with Crippen molar-refractivity contribution < 1.29 is 4.90 Å². The van der Waals surface area contributed by atoms with E-state index in [1.54, 1.807) is 17.3 Å². The Labute approximate surface area is 160 Å². The van der Waals surface area contributed by atoms with Gasteiger partial charge in [0.25, 0.3) is 5.56 Å². The molecule has 0 amide bonds. The summed E-state index contributed by atoms with van der Waals surface area (Å²) in [5, 5.41) is 0. The maximum absolute atomic E-state index is 13.1. The Morgan fingerprint density at radius 1 is 1.07 bits per heavy atom. The number of fused-ring (bicyclic) bond motifs is 4. The van der Waals surface area contributed by atoms with Crippen LogP contribution in [0.2, 0.25) is 0 Å². The Morgan fingerprint density at radius 2 is 1.89 bits per heavy atom. The van der Waals surface area contributed by atoms with E-state index >= 15 is 0 Å². The molecule has 2 aliphatic heterocycles. The first kappa shape index (κ1) is 17.1. The van der Waals surface area contributed by atoms with Crippen LogP contribution in [0.25, 0.3) is 11.1 Å². The summed E-state index contributed by atoms with van der Waals surface area (Å²) in [6.07, 6.45) is 13.4. The molecular weight excluding hydrogens is 336 g/mol. The lowest BCUT2D eigenvalue weighted by molar-refractivity contribution is -0.914. The number of likely N-dealkylation sites (tertiary alicyclic amines) is 1. The molecule has 2 aromatic heterocycles. The number of hydrogen-bond acceptors (Lipinski definition) is 3. The van der Waals surface area contributed by atoms with E-state index in [4.69, 9.17) is 0 Å². The molecule has 142 valence electrons. The molecule has 4 heterocycles. The van der Waals surface area contributed by atoms with Gasteiger partial charge in [0, 0.05) is 47.9 Å². The molecule has 1 aliphatic carbocycles. The highest BCUT2D eigenvalue weighted by molar-refractivity contribution is 5.60. The molecular formula is C22H29N4O+. The Kier molecular flexibility index (Phi) is 4.56. The molecule has 3 atom stereocenters. The lowest BCUT2D eigenvalue weighted by atomic mass is 9.81. The second-order valence-electron chi connectivity index (χ2n) is 8.88. The van der Waals surface area contributed by atoms with Gasteiger partial charge >= 0.3 is 0 Å². The van der Waals surface area contributed by atoms with E-state index in [-0.39, 0.29) is 5.56 Å². The van der Waals surface area contributed by atoms with Crippen molar-refractivity contribution >= 4 is 0 Å². The number of nitrogens with one attached hydrogen (secondary N) is 1. The van der Waals surface area contributed by atoms with Crippen LogP contribution in [0.5, 0.6) is 0 Å². The third kappa shape index (κ3) is 3.33. The van der Waals surface area contributed by atoms with Gasteiger partial charge in [-0.05, 0) is 31.4 Å². The molecule has 1 saturated carbocycles. The average Bonchev–Trinajstić information content (AvgIpc) is 2.70. The van der Waals surface area contributed by atoms with Crippen molar-refractivity contribution in [2.75, 3.05) is 19.6 Å². The summed E-state index contributed by atoms with van der Waals surface area (Å²) in [6.45, 7) is 4.65. The Balaban J connectivity index is 1.39. The van der Waals surface area contributed by atoms with E-state index in [0.29, 0.717) is 11.8 Å². The van der Waals surface area contributed by atoms with Gasteiger partial charge in [0.2, 0.25) is 0 Å². The lowest BCUT2D eigenvalue weighted by Gasteiger charge is -2.41. The molecule has 0 aromatic carbocycles. The molecule has 2 bridgehead atoms. The van der Waals surface area contributed by atoms with Gasteiger partial charge in [-0.15, -0.1) is 0 Å². The zero-order valence-electron chi connectivity index (χ0n) is 15.9. The highest BCUT2D eigenvalue weighted by Crippen LogP contribution is 2.32. The second kappa shape index (κ2) is 7.19. The Hall–Kier alpha value is -2.01. The molecule has 3 aliphatic rings. The van der Waals surface area contributed by atoms with Gasteiger partial charge in [0.15, 0.2) is 0 Å². The van der Waals surface area contributed by atoms with Gasteiger partial charge in [-0.25, -0.2) is 9.97 Å². The zero-order chi connectivity index (χ0) is 18.2. The van der Waals surface area contributed by atoms with Crippen molar-refractivity contribution in [3.8, 4) is 11.1 Å². The van der Waals surface area contributed by atoms with E-state index < -0.39 is 0 Å². The normalized spacial score (nSPS) is 27.9. The van der Waals surface area contributed by atoms with E-state index in [9.17, 15) is 4.79 Å². The lowest BCUT2D eigenvalue weighted by Crippen LogP contribution is -3.15. The number of piperidine rings is 1. The van der Waals surface area contributed by atoms with Crippen molar-refractivity contribution in [1.29, 1.82) is 0 Å². The molecule has 27 heavy (non-hydrogen) atoms. The highest BCUT2D eigenvalue weighted by atomic mass is 16.1. The first-order valence-electron chi connectivity index (χ1n) is 10.6. The first-order valence-corrected chi connectivity index (χ1v) is 10.6. The summed E-state index contributed by atoms with van der Waals surface area (Å²) in [5.41, 5.74) is 2.93. The zero-order valence-corrected chi connectivity index (χ0v) is 15.9. The third-order valence-corrected chi connectivity index (χ3v) is 6.97. The van der Waals surface area contributed by atoms with E-state index in [2.05, 4.69) is 20.6 Å². The van der Waals surface area contributed by atoms with Crippen molar-refractivity contribution in [2.24, 2.45) is 11.8 Å². The van der Waals surface area contributed by atoms with Crippen LogP contribution in [0.1, 0.15) is 50.1 Å². The standard InChI is InChI=1S/C22H28N4O/c27-22-20(19-9-23-15-24-10-19)6-7-21-18-8-17(13-26(21)22)12-25(14-18)11-16-4-2-1-3-5-16/h6-7,9-10,15-18H,1-5,8,11-14H2/p+1/t17-,18+/m0/s1. The topological polar surface area (TPSA) is 52.2 Å².